The van der Waals surface area contributed by atoms with Crippen LogP contribution >= 0.6 is 0 Å². The average Bonchev–Trinajstić information content (AvgIpc) is 2.27. The molecule has 1 N–H and O–H groups in total. The van der Waals surface area contributed by atoms with Crippen LogP contribution in [0.1, 0.15) is 5.56 Å². The molecule has 88 valence electrons. The number of rotatable bonds is 6. The van der Waals surface area contributed by atoms with Gasteiger partial charge in [-0.25, -0.2) is 0 Å². The molecule has 1 aromatic carbocycles. The van der Waals surface area contributed by atoms with Crippen LogP contribution in [0, 0.1) is 0 Å². The SMILES string of the molecule is O=C(O)C(Cc1ccccc1)S(=O)CCF. The van der Waals surface area contributed by atoms with Crippen LogP contribution in [0.3, 0.4) is 0 Å². The van der Waals surface area contributed by atoms with E-state index in [0.717, 1.165) is 5.56 Å². The van der Waals surface area contributed by atoms with Gasteiger partial charge in [-0.15, -0.1) is 0 Å². The summed E-state index contributed by atoms with van der Waals surface area (Å²) in [6.45, 7) is -0.759. The molecule has 0 aromatic heterocycles. The first-order chi connectivity index (χ1) is 7.65. The van der Waals surface area contributed by atoms with Gasteiger partial charge in [0.2, 0.25) is 0 Å². The van der Waals surface area contributed by atoms with Gasteiger partial charge < -0.3 is 5.11 Å². The highest BCUT2D eigenvalue weighted by atomic mass is 32.2. The van der Waals surface area contributed by atoms with Gasteiger partial charge in [-0.1, -0.05) is 30.3 Å². The lowest BCUT2D eigenvalue weighted by Gasteiger charge is -2.11. The van der Waals surface area contributed by atoms with Crippen molar-refractivity contribution in [3.63, 3.8) is 0 Å². The summed E-state index contributed by atoms with van der Waals surface area (Å²) in [4.78, 5) is 10.9. The minimum absolute atomic E-state index is 0.169. The predicted molar refractivity (Wildman–Crippen MR) is 60.6 cm³/mol. The van der Waals surface area contributed by atoms with Gasteiger partial charge in [0.1, 0.15) is 11.9 Å². The Balaban J connectivity index is 2.73. The molecule has 2 unspecified atom stereocenters. The number of benzene rings is 1. The van der Waals surface area contributed by atoms with Crippen molar-refractivity contribution >= 4 is 16.8 Å². The smallest absolute Gasteiger partial charge is 0.319 e. The number of aliphatic carboxylic acids is 1. The molecule has 0 fully saturated rings. The summed E-state index contributed by atoms with van der Waals surface area (Å²) in [6.07, 6.45) is 0.169. The van der Waals surface area contributed by atoms with Crippen molar-refractivity contribution in [2.45, 2.75) is 11.7 Å². The van der Waals surface area contributed by atoms with E-state index in [2.05, 4.69) is 0 Å². The van der Waals surface area contributed by atoms with Gasteiger partial charge >= 0.3 is 5.97 Å². The van der Waals surface area contributed by atoms with Gasteiger partial charge in [-0.05, 0) is 12.0 Å². The highest BCUT2D eigenvalue weighted by Crippen LogP contribution is 2.09. The van der Waals surface area contributed by atoms with Gasteiger partial charge in [0, 0.05) is 10.8 Å². The first kappa shape index (κ1) is 12.8. The zero-order valence-corrected chi connectivity index (χ0v) is 9.45. The maximum Gasteiger partial charge on any atom is 0.319 e. The minimum atomic E-state index is -1.66. The molecule has 1 rings (SSSR count). The third kappa shape index (κ3) is 3.73. The number of carbonyl (C=O) groups is 1. The molecule has 0 heterocycles. The molecule has 0 aliphatic rings. The van der Waals surface area contributed by atoms with E-state index in [-0.39, 0.29) is 12.2 Å². The number of halogens is 1. The summed E-state index contributed by atoms with van der Waals surface area (Å²) in [6, 6.07) is 8.92. The van der Waals surface area contributed by atoms with Gasteiger partial charge in [0.15, 0.2) is 0 Å². The second kappa shape index (κ2) is 6.37. The van der Waals surface area contributed by atoms with Gasteiger partial charge in [-0.2, -0.15) is 0 Å². The van der Waals surface area contributed by atoms with Crippen LogP contribution in [0.15, 0.2) is 30.3 Å². The van der Waals surface area contributed by atoms with Gasteiger partial charge in [0.25, 0.3) is 0 Å². The summed E-state index contributed by atoms with van der Waals surface area (Å²) in [5, 5.41) is 7.89. The monoisotopic (exact) mass is 244 g/mol. The number of hydrogen-bond acceptors (Lipinski definition) is 2. The quantitative estimate of drug-likeness (QED) is 0.823. The Kier molecular flexibility index (Phi) is 5.11. The van der Waals surface area contributed by atoms with Crippen molar-refractivity contribution < 1.29 is 18.5 Å². The Morgan fingerprint density at radius 3 is 2.50 bits per heavy atom. The standard InChI is InChI=1S/C11H13FO3S/c12-6-7-16(15)10(11(13)14)8-9-4-2-1-3-5-9/h1-5,10H,6-8H2,(H,13,14). The molecular formula is C11H13FO3S. The highest BCUT2D eigenvalue weighted by molar-refractivity contribution is 7.86. The summed E-state index contributed by atoms with van der Waals surface area (Å²) >= 11 is 0. The number of alkyl halides is 1. The molecule has 0 saturated carbocycles. The normalized spacial score (nSPS) is 14.3. The molecule has 0 bridgehead atoms. The lowest BCUT2D eigenvalue weighted by atomic mass is 10.1. The molecule has 0 radical (unpaired) electrons. The Morgan fingerprint density at radius 2 is 2.00 bits per heavy atom. The zero-order valence-electron chi connectivity index (χ0n) is 8.64. The molecule has 1 aromatic rings. The summed E-state index contributed by atoms with van der Waals surface area (Å²) < 4.78 is 23.5. The molecule has 5 heteroatoms. The highest BCUT2D eigenvalue weighted by Gasteiger charge is 2.24. The lowest BCUT2D eigenvalue weighted by Crippen LogP contribution is -2.30. The topological polar surface area (TPSA) is 54.4 Å². The van der Waals surface area contributed by atoms with Crippen LogP contribution in [0.5, 0.6) is 0 Å². The molecular weight excluding hydrogens is 231 g/mol. The molecule has 0 spiro atoms. The van der Waals surface area contributed by atoms with E-state index >= 15 is 0 Å². The number of hydrogen-bond donors (Lipinski definition) is 1. The molecule has 16 heavy (non-hydrogen) atoms. The van der Waals surface area contributed by atoms with Crippen molar-refractivity contribution in [3.05, 3.63) is 35.9 Å². The van der Waals surface area contributed by atoms with E-state index in [0.29, 0.717) is 0 Å². The summed E-state index contributed by atoms with van der Waals surface area (Å²) in [5.74, 6) is -1.36. The van der Waals surface area contributed by atoms with Gasteiger partial charge in [0.05, 0.1) is 5.75 Å². The fourth-order valence-corrected chi connectivity index (χ4v) is 2.38. The van der Waals surface area contributed by atoms with Crippen molar-refractivity contribution in [1.29, 1.82) is 0 Å². The van der Waals surface area contributed by atoms with Crippen molar-refractivity contribution in [1.82, 2.24) is 0 Å². The van der Waals surface area contributed by atoms with Crippen molar-refractivity contribution in [3.8, 4) is 0 Å². The van der Waals surface area contributed by atoms with E-state index < -0.39 is 28.7 Å². The second-order valence-corrected chi connectivity index (χ2v) is 5.03. The Labute approximate surface area is 95.8 Å². The van der Waals surface area contributed by atoms with Gasteiger partial charge in [-0.3, -0.25) is 13.4 Å². The van der Waals surface area contributed by atoms with E-state index in [1.54, 1.807) is 24.3 Å². The molecule has 3 nitrogen and oxygen atoms in total. The zero-order chi connectivity index (χ0) is 12.0. The van der Waals surface area contributed by atoms with Crippen LogP contribution in [-0.2, 0) is 22.0 Å². The molecule has 0 aliphatic carbocycles. The Bertz CT molecular complexity index is 367. The lowest BCUT2D eigenvalue weighted by molar-refractivity contribution is -0.136. The van der Waals surface area contributed by atoms with Crippen LogP contribution in [0.25, 0.3) is 0 Å². The fraction of sp³-hybridized carbons (Fsp3) is 0.364. The maximum atomic E-state index is 12.0. The second-order valence-electron chi connectivity index (χ2n) is 3.29. The van der Waals surface area contributed by atoms with E-state index in [1.807, 2.05) is 6.07 Å². The van der Waals surface area contributed by atoms with E-state index in [4.69, 9.17) is 5.11 Å². The largest absolute Gasteiger partial charge is 0.480 e. The van der Waals surface area contributed by atoms with Crippen molar-refractivity contribution in [2.75, 3.05) is 12.4 Å². The van der Waals surface area contributed by atoms with Crippen LogP contribution in [-0.4, -0.2) is 33.0 Å². The first-order valence-corrected chi connectivity index (χ1v) is 6.23. The number of carboxylic acids is 1. The van der Waals surface area contributed by atoms with Crippen molar-refractivity contribution in [2.24, 2.45) is 0 Å². The molecule has 0 aliphatic heterocycles. The third-order valence-corrected chi connectivity index (χ3v) is 3.69. The third-order valence-electron chi connectivity index (χ3n) is 2.14. The van der Waals surface area contributed by atoms with E-state index in [1.165, 1.54) is 0 Å². The molecule has 2 atom stereocenters. The van der Waals surface area contributed by atoms with E-state index in [9.17, 15) is 13.4 Å². The minimum Gasteiger partial charge on any atom is -0.480 e. The van der Waals surface area contributed by atoms with Crippen LogP contribution in [0.2, 0.25) is 0 Å². The Morgan fingerprint density at radius 1 is 1.38 bits per heavy atom. The molecule has 0 saturated heterocycles. The van der Waals surface area contributed by atoms with Crippen LogP contribution < -0.4 is 0 Å². The molecule has 0 amide bonds. The Hall–Kier alpha value is -1.23. The maximum absolute atomic E-state index is 12.0. The summed E-state index contributed by atoms with van der Waals surface area (Å²) in [7, 11) is -1.66. The predicted octanol–water partition coefficient (Wildman–Crippen LogP) is 1.40. The van der Waals surface area contributed by atoms with Crippen LogP contribution in [0.4, 0.5) is 4.39 Å². The number of carboxylic acid groups (broad SMARTS) is 1. The fourth-order valence-electron chi connectivity index (χ4n) is 1.34. The summed E-state index contributed by atoms with van der Waals surface area (Å²) in [5.41, 5.74) is 0.794. The average molecular weight is 244 g/mol. The first-order valence-electron chi connectivity index (χ1n) is 4.85.